The van der Waals surface area contributed by atoms with Crippen LogP contribution in [0.15, 0.2) is 18.2 Å². The molecule has 0 saturated heterocycles. The molecule has 5 nitrogen and oxygen atoms in total. The Morgan fingerprint density at radius 3 is 2.58 bits per heavy atom. The first-order chi connectivity index (χ1) is 9.08. The van der Waals surface area contributed by atoms with Crippen LogP contribution in [0.2, 0.25) is 0 Å². The smallest absolute Gasteiger partial charge is 0.248 e. The zero-order chi connectivity index (χ0) is 14.3. The van der Waals surface area contributed by atoms with E-state index in [4.69, 9.17) is 11.5 Å². The first kappa shape index (κ1) is 15.3. The lowest BCUT2D eigenvalue weighted by molar-refractivity contribution is 0.100. The third-order valence-corrected chi connectivity index (χ3v) is 3.20. The maximum absolute atomic E-state index is 11.1. The molecule has 0 aliphatic carbocycles. The Balaban J connectivity index is 2.48. The maximum Gasteiger partial charge on any atom is 0.248 e. The number of amides is 1. The van der Waals surface area contributed by atoms with Gasteiger partial charge in [-0.15, -0.1) is 0 Å². The van der Waals surface area contributed by atoms with E-state index in [2.05, 4.69) is 24.1 Å². The van der Waals surface area contributed by atoms with Gasteiger partial charge in [-0.3, -0.25) is 4.79 Å². The number of carbonyl (C=O) groups is 1. The summed E-state index contributed by atoms with van der Waals surface area (Å²) in [6.07, 6.45) is 1.03. The Morgan fingerprint density at radius 2 is 2.00 bits per heavy atom. The van der Waals surface area contributed by atoms with Gasteiger partial charge in [0.05, 0.1) is 11.4 Å². The van der Waals surface area contributed by atoms with Crippen molar-refractivity contribution in [2.45, 2.75) is 20.3 Å². The van der Waals surface area contributed by atoms with Crippen molar-refractivity contribution in [2.24, 2.45) is 5.73 Å². The zero-order valence-electron chi connectivity index (χ0n) is 11.8. The molecule has 1 aromatic carbocycles. The van der Waals surface area contributed by atoms with E-state index in [0.717, 1.165) is 38.3 Å². The number of primary amides is 1. The minimum absolute atomic E-state index is 0.439. The Kier molecular flexibility index (Phi) is 6.15. The van der Waals surface area contributed by atoms with Crippen molar-refractivity contribution in [3.63, 3.8) is 0 Å². The lowest BCUT2D eigenvalue weighted by atomic mass is 10.1. The van der Waals surface area contributed by atoms with Crippen LogP contribution in [0.1, 0.15) is 30.6 Å². The number of carbonyl (C=O) groups excluding carboxylic acids is 1. The van der Waals surface area contributed by atoms with Gasteiger partial charge in [0.15, 0.2) is 0 Å². The van der Waals surface area contributed by atoms with Gasteiger partial charge in [0, 0.05) is 12.1 Å². The fourth-order valence-electron chi connectivity index (χ4n) is 1.93. The number of benzene rings is 1. The Hall–Kier alpha value is -1.75. The highest BCUT2D eigenvalue weighted by Gasteiger charge is 2.05. The number of nitrogens with two attached hydrogens (primary N) is 2. The van der Waals surface area contributed by atoms with Crippen molar-refractivity contribution < 1.29 is 4.79 Å². The number of anilines is 2. The molecule has 106 valence electrons. The summed E-state index contributed by atoms with van der Waals surface area (Å²) in [7, 11) is 0. The van der Waals surface area contributed by atoms with Crippen molar-refractivity contribution in [1.29, 1.82) is 0 Å². The summed E-state index contributed by atoms with van der Waals surface area (Å²) in [5, 5.41) is 3.25. The van der Waals surface area contributed by atoms with E-state index in [9.17, 15) is 4.79 Å². The van der Waals surface area contributed by atoms with Crippen LogP contribution in [-0.4, -0.2) is 37.0 Å². The molecule has 1 aromatic rings. The molecule has 1 rings (SSSR count). The number of rotatable bonds is 8. The van der Waals surface area contributed by atoms with Gasteiger partial charge in [-0.2, -0.15) is 0 Å². The molecule has 0 saturated carbocycles. The fourth-order valence-corrected chi connectivity index (χ4v) is 1.93. The largest absolute Gasteiger partial charge is 0.397 e. The highest BCUT2D eigenvalue weighted by molar-refractivity contribution is 5.94. The minimum atomic E-state index is -0.439. The van der Waals surface area contributed by atoms with Crippen LogP contribution in [0.5, 0.6) is 0 Å². The highest BCUT2D eigenvalue weighted by Crippen LogP contribution is 2.19. The quantitative estimate of drug-likeness (QED) is 0.491. The van der Waals surface area contributed by atoms with Gasteiger partial charge >= 0.3 is 0 Å². The summed E-state index contributed by atoms with van der Waals surface area (Å²) in [6, 6.07) is 5.04. The van der Waals surface area contributed by atoms with E-state index in [1.165, 1.54) is 0 Å². The lowest BCUT2D eigenvalue weighted by Crippen LogP contribution is -2.25. The second-order valence-electron chi connectivity index (χ2n) is 4.47. The van der Waals surface area contributed by atoms with Gasteiger partial charge in [0.25, 0.3) is 0 Å². The van der Waals surface area contributed by atoms with Gasteiger partial charge in [-0.25, -0.2) is 0 Å². The number of hydrogen-bond donors (Lipinski definition) is 3. The molecular formula is C14H24N4O. The normalized spacial score (nSPS) is 10.7. The molecule has 1 amide bonds. The molecule has 0 aliphatic heterocycles. The maximum atomic E-state index is 11.1. The van der Waals surface area contributed by atoms with E-state index < -0.39 is 5.91 Å². The zero-order valence-corrected chi connectivity index (χ0v) is 11.8. The topological polar surface area (TPSA) is 84.4 Å². The molecule has 0 atom stereocenters. The Bertz CT molecular complexity index is 416. The monoisotopic (exact) mass is 264 g/mol. The highest BCUT2D eigenvalue weighted by atomic mass is 16.1. The second-order valence-corrected chi connectivity index (χ2v) is 4.47. The predicted octanol–water partition coefficient (Wildman–Crippen LogP) is 1.51. The molecule has 0 radical (unpaired) electrons. The number of nitrogens with zero attached hydrogens (tertiary/aromatic N) is 1. The van der Waals surface area contributed by atoms with Crippen molar-refractivity contribution in [2.75, 3.05) is 37.2 Å². The molecule has 0 fully saturated rings. The minimum Gasteiger partial charge on any atom is -0.397 e. The van der Waals surface area contributed by atoms with Crippen LogP contribution in [0.4, 0.5) is 11.4 Å². The Labute approximate surface area is 115 Å². The van der Waals surface area contributed by atoms with Crippen molar-refractivity contribution >= 4 is 17.3 Å². The molecule has 19 heavy (non-hydrogen) atoms. The van der Waals surface area contributed by atoms with Gasteiger partial charge in [0.2, 0.25) is 5.91 Å². The van der Waals surface area contributed by atoms with Crippen LogP contribution in [0.25, 0.3) is 0 Å². The molecule has 0 heterocycles. The van der Waals surface area contributed by atoms with Crippen LogP contribution < -0.4 is 16.8 Å². The number of nitrogens with one attached hydrogen (secondary N) is 1. The van der Waals surface area contributed by atoms with Crippen molar-refractivity contribution in [1.82, 2.24) is 4.90 Å². The van der Waals surface area contributed by atoms with E-state index in [1.54, 1.807) is 18.2 Å². The molecular weight excluding hydrogens is 240 g/mol. The van der Waals surface area contributed by atoms with Crippen LogP contribution in [0, 0.1) is 0 Å². The molecule has 0 aliphatic rings. The van der Waals surface area contributed by atoms with E-state index in [0.29, 0.717) is 11.3 Å². The summed E-state index contributed by atoms with van der Waals surface area (Å²) < 4.78 is 0. The van der Waals surface area contributed by atoms with Gasteiger partial charge in [-0.1, -0.05) is 13.8 Å². The molecule has 0 aromatic heterocycles. The van der Waals surface area contributed by atoms with Crippen molar-refractivity contribution in [3.05, 3.63) is 23.8 Å². The summed E-state index contributed by atoms with van der Waals surface area (Å²) in [5.74, 6) is -0.439. The summed E-state index contributed by atoms with van der Waals surface area (Å²) in [6.45, 7) is 8.32. The molecule has 0 bridgehead atoms. The fraction of sp³-hybridized carbons (Fsp3) is 0.500. The van der Waals surface area contributed by atoms with Gasteiger partial charge in [-0.05, 0) is 44.3 Å². The first-order valence-electron chi connectivity index (χ1n) is 6.74. The third-order valence-electron chi connectivity index (χ3n) is 3.20. The number of hydrogen-bond acceptors (Lipinski definition) is 4. The standard InChI is InChI=1S/C14H24N4O/c1-3-18(4-2)9-5-8-17-13-10-11(14(16)19)6-7-12(13)15/h6-7,10,17H,3-5,8-9,15H2,1-2H3,(H2,16,19). The number of nitrogen functional groups attached to an aromatic ring is 1. The molecule has 5 heteroatoms. The lowest BCUT2D eigenvalue weighted by Gasteiger charge is -2.18. The van der Waals surface area contributed by atoms with E-state index in [1.807, 2.05) is 0 Å². The van der Waals surface area contributed by atoms with Crippen molar-refractivity contribution in [3.8, 4) is 0 Å². The molecule has 0 unspecified atom stereocenters. The summed E-state index contributed by atoms with van der Waals surface area (Å²) in [5.41, 5.74) is 13.0. The predicted molar refractivity (Wildman–Crippen MR) is 80.3 cm³/mol. The van der Waals surface area contributed by atoms with E-state index in [-0.39, 0.29) is 0 Å². The SMILES string of the molecule is CCN(CC)CCCNc1cc(C(N)=O)ccc1N. The molecule has 5 N–H and O–H groups in total. The average molecular weight is 264 g/mol. The second kappa shape index (κ2) is 7.63. The van der Waals surface area contributed by atoms with Gasteiger partial charge < -0.3 is 21.7 Å². The van der Waals surface area contributed by atoms with Crippen LogP contribution in [-0.2, 0) is 0 Å². The first-order valence-corrected chi connectivity index (χ1v) is 6.74. The van der Waals surface area contributed by atoms with E-state index >= 15 is 0 Å². The van der Waals surface area contributed by atoms with Crippen LogP contribution >= 0.6 is 0 Å². The van der Waals surface area contributed by atoms with Gasteiger partial charge in [0.1, 0.15) is 0 Å². The summed E-state index contributed by atoms with van der Waals surface area (Å²) >= 11 is 0. The van der Waals surface area contributed by atoms with Crippen LogP contribution in [0.3, 0.4) is 0 Å². The Morgan fingerprint density at radius 1 is 1.32 bits per heavy atom. The molecule has 0 spiro atoms. The summed E-state index contributed by atoms with van der Waals surface area (Å²) in [4.78, 5) is 13.5. The third kappa shape index (κ3) is 4.79. The average Bonchev–Trinajstić information content (AvgIpc) is 2.40.